The molecular formula is C21H22N2O4. The summed E-state index contributed by atoms with van der Waals surface area (Å²) < 4.78 is 0. The number of carboxylic acid groups (broad SMARTS) is 1. The topological polar surface area (TPSA) is 95.5 Å². The van der Waals surface area contributed by atoms with E-state index in [9.17, 15) is 19.5 Å². The summed E-state index contributed by atoms with van der Waals surface area (Å²) in [7, 11) is 0. The molecule has 6 nitrogen and oxygen atoms in total. The van der Waals surface area contributed by atoms with E-state index >= 15 is 0 Å². The Morgan fingerprint density at radius 1 is 1.04 bits per heavy atom. The summed E-state index contributed by atoms with van der Waals surface area (Å²) in [5, 5.41) is 14.6. The largest absolute Gasteiger partial charge is 0.479 e. The van der Waals surface area contributed by atoms with Crippen molar-refractivity contribution in [3.05, 3.63) is 70.8 Å². The van der Waals surface area contributed by atoms with Crippen molar-refractivity contribution in [1.29, 1.82) is 0 Å². The highest BCUT2D eigenvalue weighted by Crippen LogP contribution is 2.23. The van der Waals surface area contributed by atoms with E-state index in [4.69, 9.17) is 0 Å². The lowest BCUT2D eigenvalue weighted by Crippen LogP contribution is -2.52. The molecule has 0 saturated heterocycles. The molecule has 1 atom stereocenters. The lowest BCUT2D eigenvalue weighted by atomic mass is 9.92. The van der Waals surface area contributed by atoms with Crippen LogP contribution in [0.4, 0.5) is 0 Å². The number of aliphatic carboxylic acids is 1. The van der Waals surface area contributed by atoms with Crippen LogP contribution in [0.1, 0.15) is 40.4 Å². The van der Waals surface area contributed by atoms with Crippen LogP contribution in [0.2, 0.25) is 0 Å². The second-order valence-corrected chi connectivity index (χ2v) is 6.86. The molecule has 0 radical (unpaired) electrons. The smallest absolute Gasteiger partial charge is 0.333 e. The summed E-state index contributed by atoms with van der Waals surface area (Å²) in [5.74, 6) is -2.10. The number of carboxylic acids is 1. The van der Waals surface area contributed by atoms with Gasteiger partial charge in [-0.15, -0.1) is 0 Å². The molecule has 2 aromatic rings. The van der Waals surface area contributed by atoms with Gasteiger partial charge in [0.25, 0.3) is 5.91 Å². The number of aryl methyl sites for hydroxylation is 2. The molecule has 3 rings (SSSR count). The van der Waals surface area contributed by atoms with Crippen molar-refractivity contribution in [3.8, 4) is 0 Å². The van der Waals surface area contributed by atoms with Crippen molar-refractivity contribution >= 4 is 17.8 Å². The van der Waals surface area contributed by atoms with Gasteiger partial charge in [-0.25, -0.2) is 4.79 Å². The van der Waals surface area contributed by atoms with E-state index in [0.29, 0.717) is 11.1 Å². The molecule has 140 valence electrons. The van der Waals surface area contributed by atoms with Crippen LogP contribution in [0.3, 0.4) is 0 Å². The van der Waals surface area contributed by atoms with Gasteiger partial charge in [0.1, 0.15) is 0 Å². The molecule has 0 fully saturated rings. The first-order valence-corrected chi connectivity index (χ1v) is 8.90. The van der Waals surface area contributed by atoms with Crippen LogP contribution in [-0.4, -0.2) is 29.4 Å². The molecule has 0 aromatic heterocycles. The Balaban J connectivity index is 1.63. The van der Waals surface area contributed by atoms with Gasteiger partial charge in [0.15, 0.2) is 5.54 Å². The van der Waals surface area contributed by atoms with Crippen LogP contribution in [0, 0.1) is 0 Å². The van der Waals surface area contributed by atoms with Gasteiger partial charge in [-0.3, -0.25) is 9.59 Å². The van der Waals surface area contributed by atoms with Gasteiger partial charge in [0.05, 0.1) is 6.54 Å². The van der Waals surface area contributed by atoms with Gasteiger partial charge in [-0.05, 0) is 55.0 Å². The van der Waals surface area contributed by atoms with Crippen molar-refractivity contribution in [3.63, 3.8) is 0 Å². The first-order chi connectivity index (χ1) is 12.9. The third-order valence-electron chi connectivity index (χ3n) is 4.94. The Bertz CT molecular complexity index is 879. The average molecular weight is 366 g/mol. The number of benzene rings is 2. The zero-order valence-electron chi connectivity index (χ0n) is 15.1. The zero-order chi connectivity index (χ0) is 19.4. The van der Waals surface area contributed by atoms with Crippen LogP contribution in [0.25, 0.3) is 0 Å². The van der Waals surface area contributed by atoms with Gasteiger partial charge in [0.2, 0.25) is 5.91 Å². The van der Waals surface area contributed by atoms with Crippen molar-refractivity contribution in [2.24, 2.45) is 0 Å². The first kappa shape index (κ1) is 18.6. The molecule has 0 bridgehead atoms. The summed E-state index contributed by atoms with van der Waals surface area (Å²) in [5.41, 5.74) is 1.83. The summed E-state index contributed by atoms with van der Waals surface area (Å²) in [4.78, 5) is 36.3. The minimum Gasteiger partial charge on any atom is -0.479 e. The number of nitrogens with one attached hydrogen (secondary N) is 2. The van der Waals surface area contributed by atoms with E-state index in [-0.39, 0.29) is 12.5 Å². The summed E-state index contributed by atoms with van der Waals surface area (Å²) in [6.07, 6.45) is 3.09. The van der Waals surface area contributed by atoms with Crippen LogP contribution >= 0.6 is 0 Å². The van der Waals surface area contributed by atoms with Crippen LogP contribution in [0.5, 0.6) is 0 Å². The summed E-state index contributed by atoms with van der Waals surface area (Å²) in [6, 6.07) is 14.0. The van der Waals surface area contributed by atoms with Crippen LogP contribution in [-0.2, 0) is 28.0 Å². The molecule has 27 heavy (non-hydrogen) atoms. The Labute approximate surface area is 157 Å². The molecule has 0 spiro atoms. The number of hydrogen-bond acceptors (Lipinski definition) is 3. The molecule has 0 aliphatic heterocycles. The fraction of sp³-hybridized carbons (Fsp3) is 0.286. The highest BCUT2D eigenvalue weighted by molar-refractivity contribution is 5.97. The third kappa shape index (κ3) is 4.00. The summed E-state index contributed by atoms with van der Waals surface area (Å²) in [6.45, 7) is 1.12. The van der Waals surface area contributed by atoms with Gasteiger partial charge >= 0.3 is 5.97 Å². The molecule has 3 N–H and O–H groups in total. The standard InChI is InChI=1S/C21H22N2O4/c1-21(20(26)27,17-8-3-2-4-9-17)23-18(24)13-22-19(25)16-11-10-14-6-5-7-15(14)12-16/h2-4,8-12H,5-7,13H2,1H3,(H,22,25)(H,23,24)(H,26,27). The molecule has 1 aliphatic rings. The fourth-order valence-corrected chi connectivity index (χ4v) is 3.32. The van der Waals surface area contributed by atoms with E-state index in [0.717, 1.165) is 19.3 Å². The number of carbonyl (C=O) groups excluding carboxylic acids is 2. The molecule has 2 aromatic carbocycles. The van der Waals surface area contributed by atoms with Gasteiger partial charge in [0, 0.05) is 5.56 Å². The Morgan fingerprint density at radius 2 is 1.74 bits per heavy atom. The SMILES string of the molecule is CC(NC(=O)CNC(=O)c1ccc2c(c1)CCC2)(C(=O)O)c1ccccc1. The predicted molar refractivity (Wildman–Crippen MR) is 100 cm³/mol. The lowest BCUT2D eigenvalue weighted by molar-refractivity contribution is -0.147. The quantitative estimate of drug-likeness (QED) is 0.729. The fourth-order valence-electron chi connectivity index (χ4n) is 3.32. The van der Waals surface area contributed by atoms with E-state index < -0.39 is 17.4 Å². The van der Waals surface area contributed by atoms with Gasteiger partial charge in [-0.1, -0.05) is 36.4 Å². The van der Waals surface area contributed by atoms with Crippen molar-refractivity contribution in [1.82, 2.24) is 10.6 Å². The van der Waals surface area contributed by atoms with Crippen LogP contribution in [0.15, 0.2) is 48.5 Å². The van der Waals surface area contributed by atoms with Crippen molar-refractivity contribution < 1.29 is 19.5 Å². The monoisotopic (exact) mass is 366 g/mol. The molecular weight excluding hydrogens is 344 g/mol. The first-order valence-electron chi connectivity index (χ1n) is 8.90. The molecule has 1 aliphatic carbocycles. The number of carbonyl (C=O) groups is 3. The summed E-state index contributed by atoms with van der Waals surface area (Å²) >= 11 is 0. The maximum absolute atomic E-state index is 12.3. The second-order valence-electron chi connectivity index (χ2n) is 6.86. The number of fused-ring (bicyclic) bond motifs is 1. The van der Waals surface area contributed by atoms with E-state index in [2.05, 4.69) is 10.6 Å². The molecule has 0 heterocycles. The van der Waals surface area contributed by atoms with Gasteiger partial charge < -0.3 is 15.7 Å². The number of amides is 2. The van der Waals surface area contributed by atoms with Crippen molar-refractivity contribution in [2.45, 2.75) is 31.7 Å². The Morgan fingerprint density at radius 3 is 2.44 bits per heavy atom. The molecule has 6 heteroatoms. The highest BCUT2D eigenvalue weighted by Gasteiger charge is 2.36. The van der Waals surface area contributed by atoms with E-state index in [1.807, 2.05) is 12.1 Å². The number of hydrogen-bond donors (Lipinski definition) is 3. The minimum absolute atomic E-state index is 0.300. The zero-order valence-corrected chi connectivity index (χ0v) is 15.1. The molecule has 1 unspecified atom stereocenters. The number of rotatable bonds is 6. The maximum atomic E-state index is 12.3. The van der Waals surface area contributed by atoms with Crippen molar-refractivity contribution in [2.75, 3.05) is 6.54 Å². The maximum Gasteiger partial charge on any atom is 0.333 e. The van der Waals surface area contributed by atoms with E-state index in [1.165, 1.54) is 18.1 Å². The highest BCUT2D eigenvalue weighted by atomic mass is 16.4. The van der Waals surface area contributed by atoms with Crippen LogP contribution < -0.4 is 10.6 Å². The Hall–Kier alpha value is -3.15. The lowest BCUT2D eigenvalue weighted by Gasteiger charge is -2.26. The second kappa shape index (κ2) is 7.61. The van der Waals surface area contributed by atoms with Gasteiger partial charge in [-0.2, -0.15) is 0 Å². The predicted octanol–water partition coefficient (Wildman–Crippen LogP) is 2.02. The Kier molecular flexibility index (Phi) is 5.26. The molecule has 2 amide bonds. The average Bonchev–Trinajstić information content (AvgIpc) is 3.14. The molecule has 0 saturated carbocycles. The minimum atomic E-state index is -1.57. The normalized spacial score (nSPS) is 14.7. The third-order valence-corrected chi connectivity index (χ3v) is 4.94. The van der Waals surface area contributed by atoms with E-state index in [1.54, 1.807) is 36.4 Å².